The highest BCUT2D eigenvalue weighted by molar-refractivity contribution is 5.31. The van der Waals surface area contributed by atoms with Gasteiger partial charge in [-0.15, -0.1) is 0 Å². The molecule has 0 saturated heterocycles. The standard InChI is InChI=1S/C15H22N4O/c1-18(2)15-17-10-11(19(15)3)9-16-13-5-4-6-14-12(13)7-8-20-14/h7-8,10,13,16H,4-6,9H2,1-3H3. The van der Waals surface area contributed by atoms with Crippen LogP contribution in [0.25, 0.3) is 0 Å². The van der Waals surface area contributed by atoms with E-state index >= 15 is 0 Å². The van der Waals surface area contributed by atoms with Crippen molar-refractivity contribution in [1.29, 1.82) is 0 Å². The first kappa shape index (κ1) is 13.2. The fourth-order valence-electron chi connectivity index (χ4n) is 2.94. The molecule has 1 atom stereocenters. The fraction of sp³-hybridized carbons (Fsp3) is 0.533. The van der Waals surface area contributed by atoms with E-state index in [2.05, 4.69) is 28.0 Å². The number of hydrogen-bond acceptors (Lipinski definition) is 4. The zero-order chi connectivity index (χ0) is 14.1. The summed E-state index contributed by atoms with van der Waals surface area (Å²) in [5.74, 6) is 2.13. The molecule has 108 valence electrons. The first-order valence-corrected chi connectivity index (χ1v) is 7.14. The third-order valence-corrected chi connectivity index (χ3v) is 4.04. The van der Waals surface area contributed by atoms with Crippen LogP contribution < -0.4 is 10.2 Å². The minimum atomic E-state index is 0.398. The number of hydrogen-bond donors (Lipinski definition) is 1. The lowest BCUT2D eigenvalue weighted by Crippen LogP contribution is -2.25. The van der Waals surface area contributed by atoms with Crippen LogP contribution in [0.3, 0.4) is 0 Å². The Morgan fingerprint density at radius 1 is 1.50 bits per heavy atom. The van der Waals surface area contributed by atoms with Crippen LogP contribution in [-0.2, 0) is 20.0 Å². The van der Waals surface area contributed by atoms with Crippen molar-refractivity contribution < 1.29 is 4.42 Å². The van der Waals surface area contributed by atoms with E-state index in [1.54, 1.807) is 6.26 Å². The van der Waals surface area contributed by atoms with Crippen molar-refractivity contribution >= 4 is 5.95 Å². The molecule has 2 heterocycles. The Labute approximate surface area is 119 Å². The molecule has 3 rings (SSSR count). The lowest BCUT2D eigenvalue weighted by Gasteiger charge is -2.23. The molecule has 0 fully saturated rings. The molecule has 0 spiro atoms. The van der Waals surface area contributed by atoms with Gasteiger partial charge in [-0.3, -0.25) is 0 Å². The lowest BCUT2D eigenvalue weighted by molar-refractivity contribution is 0.408. The van der Waals surface area contributed by atoms with E-state index in [-0.39, 0.29) is 0 Å². The Bertz CT molecular complexity index is 584. The van der Waals surface area contributed by atoms with Crippen LogP contribution in [0.5, 0.6) is 0 Å². The van der Waals surface area contributed by atoms with Gasteiger partial charge in [0, 0.05) is 45.7 Å². The van der Waals surface area contributed by atoms with Crippen molar-refractivity contribution in [3.63, 3.8) is 0 Å². The SMILES string of the molecule is CN(C)c1ncc(CNC2CCCc3occc32)n1C. The van der Waals surface area contributed by atoms with Crippen LogP contribution >= 0.6 is 0 Å². The first-order chi connectivity index (χ1) is 9.66. The molecule has 1 N–H and O–H groups in total. The zero-order valence-corrected chi connectivity index (χ0v) is 12.4. The minimum absolute atomic E-state index is 0.398. The van der Waals surface area contributed by atoms with E-state index in [4.69, 9.17) is 4.42 Å². The van der Waals surface area contributed by atoms with Gasteiger partial charge in [-0.1, -0.05) is 0 Å². The van der Waals surface area contributed by atoms with Gasteiger partial charge < -0.3 is 19.2 Å². The van der Waals surface area contributed by atoms with Crippen molar-refractivity contribution in [1.82, 2.24) is 14.9 Å². The Morgan fingerprint density at radius 2 is 2.35 bits per heavy atom. The smallest absolute Gasteiger partial charge is 0.204 e. The van der Waals surface area contributed by atoms with Crippen LogP contribution in [0.1, 0.15) is 35.9 Å². The van der Waals surface area contributed by atoms with Gasteiger partial charge >= 0.3 is 0 Å². The van der Waals surface area contributed by atoms with Crippen LogP contribution in [0.4, 0.5) is 5.95 Å². The maximum absolute atomic E-state index is 5.53. The van der Waals surface area contributed by atoms with E-state index in [9.17, 15) is 0 Å². The van der Waals surface area contributed by atoms with Crippen LogP contribution in [0.15, 0.2) is 22.9 Å². The van der Waals surface area contributed by atoms with Crippen LogP contribution in [-0.4, -0.2) is 23.6 Å². The first-order valence-electron chi connectivity index (χ1n) is 7.14. The van der Waals surface area contributed by atoms with Gasteiger partial charge in [-0.2, -0.15) is 0 Å². The fourth-order valence-corrected chi connectivity index (χ4v) is 2.94. The Kier molecular flexibility index (Phi) is 3.53. The van der Waals surface area contributed by atoms with Crippen molar-refractivity contribution in [2.75, 3.05) is 19.0 Å². The highest BCUT2D eigenvalue weighted by atomic mass is 16.3. The summed E-state index contributed by atoms with van der Waals surface area (Å²) in [6.07, 6.45) is 7.18. The molecule has 5 heteroatoms. The van der Waals surface area contributed by atoms with Crippen LogP contribution in [0.2, 0.25) is 0 Å². The highest BCUT2D eigenvalue weighted by Crippen LogP contribution is 2.30. The number of fused-ring (bicyclic) bond motifs is 1. The third-order valence-electron chi connectivity index (χ3n) is 4.04. The van der Waals surface area contributed by atoms with E-state index in [0.29, 0.717) is 6.04 Å². The van der Waals surface area contributed by atoms with Gasteiger partial charge in [-0.25, -0.2) is 4.98 Å². The summed E-state index contributed by atoms with van der Waals surface area (Å²) in [5.41, 5.74) is 2.52. The van der Waals surface area contributed by atoms with Crippen LogP contribution in [0, 0.1) is 0 Å². The molecule has 2 aromatic heterocycles. The van der Waals surface area contributed by atoms with Crippen molar-refractivity contribution in [2.24, 2.45) is 7.05 Å². The van der Waals surface area contributed by atoms with Gasteiger partial charge in [0.2, 0.25) is 5.95 Å². The lowest BCUT2D eigenvalue weighted by atomic mass is 9.93. The normalized spacial score (nSPS) is 18.1. The quantitative estimate of drug-likeness (QED) is 0.929. The largest absolute Gasteiger partial charge is 0.469 e. The van der Waals surface area contributed by atoms with Gasteiger partial charge in [-0.05, 0) is 18.9 Å². The molecule has 0 radical (unpaired) electrons. The molecular formula is C15H22N4O. The number of aryl methyl sites for hydroxylation is 1. The zero-order valence-electron chi connectivity index (χ0n) is 12.4. The number of rotatable bonds is 4. The van der Waals surface area contributed by atoms with Gasteiger partial charge in [0.1, 0.15) is 5.76 Å². The molecule has 2 aromatic rings. The Balaban J connectivity index is 1.69. The molecular weight excluding hydrogens is 252 g/mol. The molecule has 20 heavy (non-hydrogen) atoms. The predicted molar refractivity (Wildman–Crippen MR) is 78.8 cm³/mol. The molecule has 0 aliphatic heterocycles. The second-order valence-corrected chi connectivity index (χ2v) is 5.63. The predicted octanol–water partition coefficient (Wildman–Crippen LogP) is 2.25. The molecule has 1 unspecified atom stereocenters. The third kappa shape index (κ3) is 2.33. The Hall–Kier alpha value is -1.75. The van der Waals surface area contributed by atoms with Gasteiger partial charge in [0.25, 0.3) is 0 Å². The van der Waals surface area contributed by atoms with E-state index in [0.717, 1.165) is 24.7 Å². The minimum Gasteiger partial charge on any atom is -0.469 e. The summed E-state index contributed by atoms with van der Waals surface area (Å²) in [6.45, 7) is 0.826. The summed E-state index contributed by atoms with van der Waals surface area (Å²) < 4.78 is 7.66. The van der Waals surface area contributed by atoms with Crippen molar-refractivity contribution in [3.8, 4) is 0 Å². The summed E-state index contributed by atoms with van der Waals surface area (Å²) in [7, 11) is 6.08. The molecule has 1 aliphatic rings. The topological polar surface area (TPSA) is 46.2 Å². The number of nitrogens with one attached hydrogen (secondary N) is 1. The van der Waals surface area contributed by atoms with E-state index in [1.165, 1.54) is 24.1 Å². The number of anilines is 1. The molecule has 1 aliphatic carbocycles. The average Bonchev–Trinajstić information content (AvgIpc) is 3.03. The second kappa shape index (κ2) is 5.32. The molecule has 0 bridgehead atoms. The summed E-state index contributed by atoms with van der Waals surface area (Å²) in [6, 6.07) is 2.50. The molecule has 0 amide bonds. The van der Waals surface area contributed by atoms with Crippen molar-refractivity contribution in [2.45, 2.75) is 31.8 Å². The summed E-state index contributed by atoms with van der Waals surface area (Å²) in [5, 5.41) is 3.63. The second-order valence-electron chi connectivity index (χ2n) is 5.63. The highest BCUT2D eigenvalue weighted by Gasteiger charge is 2.22. The molecule has 0 saturated carbocycles. The van der Waals surface area contributed by atoms with Gasteiger partial charge in [0.05, 0.1) is 18.2 Å². The average molecular weight is 274 g/mol. The van der Waals surface area contributed by atoms with Crippen molar-refractivity contribution in [3.05, 3.63) is 35.5 Å². The number of furan rings is 1. The number of nitrogens with zero attached hydrogens (tertiary/aromatic N) is 3. The number of imidazole rings is 1. The Morgan fingerprint density at radius 3 is 3.10 bits per heavy atom. The summed E-state index contributed by atoms with van der Waals surface area (Å²) >= 11 is 0. The summed E-state index contributed by atoms with van der Waals surface area (Å²) in [4.78, 5) is 6.47. The van der Waals surface area contributed by atoms with Gasteiger partial charge in [0.15, 0.2) is 0 Å². The number of aromatic nitrogens is 2. The van der Waals surface area contributed by atoms with E-state index in [1.807, 2.05) is 25.2 Å². The molecule has 5 nitrogen and oxygen atoms in total. The maximum Gasteiger partial charge on any atom is 0.204 e. The maximum atomic E-state index is 5.53. The monoisotopic (exact) mass is 274 g/mol. The van der Waals surface area contributed by atoms with E-state index < -0.39 is 0 Å². The molecule has 0 aromatic carbocycles.